The lowest BCUT2D eigenvalue weighted by Crippen LogP contribution is -2.62. The van der Waals surface area contributed by atoms with Gasteiger partial charge in [0, 0.05) is 18.3 Å². The fourth-order valence-electron chi connectivity index (χ4n) is 3.78. The molecule has 0 spiro atoms. The maximum absolute atomic E-state index is 12.7. The van der Waals surface area contributed by atoms with Gasteiger partial charge in [-0.2, -0.15) is 0 Å². The van der Waals surface area contributed by atoms with Crippen molar-refractivity contribution < 1.29 is 4.79 Å². The van der Waals surface area contributed by atoms with Gasteiger partial charge < -0.3 is 5.32 Å². The molecule has 2 aromatic heterocycles. The number of fused-ring (bicyclic) bond motifs is 3. The summed E-state index contributed by atoms with van der Waals surface area (Å²) in [4.78, 5) is 20.3. The largest absolute Gasteiger partial charge is 0.347 e. The molecular weight excluding hydrogens is 338 g/mol. The minimum Gasteiger partial charge on any atom is -0.347 e. The van der Waals surface area contributed by atoms with Crippen molar-refractivity contribution in [2.45, 2.75) is 41.1 Å². The number of piperidine rings is 3. The number of aromatic nitrogens is 1. The Labute approximate surface area is 150 Å². The summed E-state index contributed by atoms with van der Waals surface area (Å²) in [7, 11) is 0. The van der Waals surface area contributed by atoms with Crippen molar-refractivity contribution in [2.75, 3.05) is 13.1 Å². The Balaban J connectivity index is 1.42. The molecule has 1 amide bonds. The van der Waals surface area contributed by atoms with E-state index in [1.807, 2.05) is 30.3 Å². The van der Waals surface area contributed by atoms with Crippen molar-refractivity contribution in [3.05, 3.63) is 41.4 Å². The lowest BCUT2D eigenvalue weighted by molar-refractivity contribution is 0.0218. The van der Waals surface area contributed by atoms with Crippen molar-refractivity contribution in [3.63, 3.8) is 0 Å². The number of pyridine rings is 1. The number of carbonyl (C=O) groups excluding carboxylic acids is 1. The molecule has 5 rings (SSSR count). The van der Waals surface area contributed by atoms with E-state index < -0.39 is 0 Å². The summed E-state index contributed by atoms with van der Waals surface area (Å²) in [5.41, 5.74) is 0. The van der Waals surface area contributed by atoms with Crippen LogP contribution in [0.15, 0.2) is 45.8 Å². The highest BCUT2D eigenvalue weighted by molar-refractivity contribution is 8.01. The topological polar surface area (TPSA) is 45.2 Å². The molecule has 2 aromatic rings. The van der Waals surface area contributed by atoms with Gasteiger partial charge >= 0.3 is 0 Å². The van der Waals surface area contributed by atoms with Crippen molar-refractivity contribution in [1.29, 1.82) is 0 Å². The second-order valence-electron chi connectivity index (χ2n) is 6.50. The Hall–Kier alpha value is -1.37. The van der Waals surface area contributed by atoms with Gasteiger partial charge in [-0.3, -0.25) is 9.69 Å². The van der Waals surface area contributed by atoms with Crippen LogP contribution in [-0.2, 0) is 0 Å². The van der Waals surface area contributed by atoms with Crippen molar-refractivity contribution in [1.82, 2.24) is 15.2 Å². The van der Waals surface area contributed by atoms with Crippen LogP contribution in [0.3, 0.4) is 0 Å². The zero-order valence-corrected chi connectivity index (χ0v) is 15.3. The van der Waals surface area contributed by atoms with Crippen LogP contribution in [0.1, 0.15) is 29.4 Å². The molecule has 24 heavy (non-hydrogen) atoms. The van der Waals surface area contributed by atoms with E-state index in [4.69, 9.17) is 0 Å². The van der Waals surface area contributed by atoms with Crippen LogP contribution in [0.25, 0.3) is 0 Å². The summed E-state index contributed by atoms with van der Waals surface area (Å²) in [6.07, 6.45) is 4.21. The molecule has 2 unspecified atom stereocenters. The molecule has 0 saturated carbocycles. The smallest absolute Gasteiger partial charge is 0.261 e. The predicted molar refractivity (Wildman–Crippen MR) is 97.7 cm³/mol. The predicted octanol–water partition coefficient (Wildman–Crippen LogP) is 3.51. The first-order valence-corrected chi connectivity index (χ1v) is 10.1. The second-order valence-corrected chi connectivity index (χ2v) is 8.91. The van der Waals surface area contributed by atoms with Crippen LogP contribution >= 0.6 is 23.1 Å². The fraction of sp³-hybridized carbons (Fsp3) is 0.444. The quantitative estimate of drug-likeness (QED) is 0.907. The summed E-state index contributed by atoms with van der Waals surface area (Å²) in [5.74, 6) is 0.703. The van der Waals surface area contributed by atoms with E-state index >= 15 is 0 Å². The number of nitrogens with one attached hydrogen (secondary N) is 1. The first-order valence-electron chi connectivity index (χ1n) is 8.44. The highest BCUT2D eigenvalue weighted by atomic mass is 32.2. The molecule has 3 aliphatic heterocycles. The minimum absolute atomic E-state index is 0.0680. The van der Waals surface area contributed by atoms with E-state index in [0.29, 0.717) is 12.0 Å². The molecule has 0 aromatic carbocycles. The highest BCUT2D eigenvalue weighted by Gasteiger charge is 2.40. The molecule has 3 aliphatic rings. The number of hydrogen-bond donors (Lipinski definition) is 1. The van der Waals surface area contributed by atoms with Crippen molar-refractivity contribution in [2.24, 2.45) is 5.92 Å². The number of nitrogens with zero attached hydrogens (tertiary/aromatic N) is 2. The van der Waals surface area contributed by atoms with Gasteiger partial charge in [-0.05, 0) is 63.0 Å². The standard InChI is InChI=1S/C18H21N3OS2/c1-12-17(13-7-10-21(12)11-8-13)20-18(22)14-5-6-16(23-14)24-15-4-2-3-9-19-15/h2-6,9,12-13,17H,7-8,10-11H2,1H3,(H,20,22). The van der Waals surface area contributed by atoms with Crippen LogP contribution in [0.5, 0.6) is 0 Å². The lowest BCUT2D eigenvalue weighted by Gasteiger charge is -2.49. The number of amides is 1. The molecule has 2 bridgehead atoms. The molecule has 126 valence electrons. The second kappa shape index (κ2) is 6.86. The third kappa shape index (κ3) is 3.23. The molecule has 0 radical (unpaired) electrons. The zero-order valence-electron chi connectivity index (χ0n) is 13.6. The monoisotopic (exact) mass is 359 g/mol. The number of carbonyl (C=O) groups is 1. The Morgan fingerprint density at radius 2 is 2.12 bits per heavy atom. The van der Waals surface area contributed by atoms with Gasteiger partial charge in [-0.1, -0.05) is 17.8 Å². The average Bonchev–Trinajstić information content (AvgIpc) is 3.08. The normalized spacial score (nSPS) is 28.7. The van der Waals surface area contributed by atoms with E-state index in [9.17, 15) is 4.79 Å². The van der Waals surface area contributed by atoms with Gasteiger partial charge in [-0.15, -0.1) is 11.3 Å². The molecule has 0 aliphatic carbocycles. The average molecular weight is 360 g/mol. The Morgan fingerprint density at radius 1 is 1.29 bits per heavy atom. The van der Waals surface area contributed by atoms with Gasteiger partial charge in [0.2, 0.25) is 0 Å². The van der Waals surface area contributed by atoms with Gasteiger partial charge in [0.05, 0.1) is 9.09 Å². The highest BCUT2D eigenvalue weighted by Crippen LogP contribution is 2.34. The van der Waals surface area contributed by atoms with Gasteiger partial charge in [0.15, 0.2) is 0 Å². The van der Waals surface area contributed by atoms with Gasteiger partial charge in [0.25, 0.3) is 5.91 Å². The maximum atomic E-state index is 12.7. The molecular formula is C18H21N3OS2. The van der Waals surface area contributed by atoms with E-state index in [1.54, 1.807) is 29.3 Å². The lowest BCUT2D eigenvalue weighted by atomic mass is 9.79. The van der Waals surface area contributed by atoms with E-state index in [0.717, 1.165) is 14.1 Å². The summed E-state index contributed by atoms with van der Waals surface area (Å²) < 4.78 is 1.10. The summed E-state index contributed by atoms with van der Waals surface area (Å²) in [5, 5.41) is 4.25. The molecule has 3 fully saturated rings. The van der Waals surface area contributed by atoms with Gasteiger partial charge in [0.1, 0.15) is 5.03 Å². The Kier molecular flexibility index (Phi) is 4.61. The van der Waals surface area contributed by atoms with E-state index in [1.165, 1.54) is 25.9 Å². The third-order valence-electron chi connectivity index (χ3n) is 5.12. The maximum Gasteiger partial charge on any atom is 0.261 e. The molecule has 1 N–H and O–H groups in total. The van der Waals surface area contributed by atoms with Crippen LogP contribution in [0.2, 0.25) is 0 Å². The van der Waals surface area contributed by atoms with Crippen LogP contribution in [0, 0.1) is 5.92 Å². The van der Waals surface area contributed by atoms with Gasteiger partial charge in [-0.25, -0.2) is 4.98 Å². The first kappa shape index (κ1) is 16.1. The first-order chi connectivity index (χ1) is 11.7. The number of rotatable bonds is 4. The molecule has 4 nitrogen and oxygen atoms in total. The van der Waals surface area contributed by atoms with Crippen LogP contribution < -0.4 is 5.32 Å². The van der Waals surface area contributed by atoms with E-state index in [-0.39, 0.29) is 11.9 Å². The molecule has 3 saturated heterocycles. The molecule has 2 atom stereocenters. The third-order valence-corrected chi connectivity index (χ3v) is 7.29. The summed E-state index contributed by atoms with van der Waals surface area (Å²) >= 11 is 3.15. The van der Waals surface area contributed by atoms with Crippen LogP contribution in [0.4, 0.5) is 0 Å². The van der Waals surface area contributed by atoms with Crippen molar-refractivity contribution in [3.8, 4) is 0 Å². The molecule has 6 heteroatoms. The van der Waals surface area contributed by atoms with Crippen molar-refractivity contribution >= 4 is 29.0 Å². The molecule has 5 heterocycles. The SMILES string of the molecule is CC1C(NC(=O)c2ccc(Sc3ccccn3)s2)C2CCN1CC2. The Bertz CT molecular complexity index is 708. The summed E-state index contributed by atoms with van der Waals surface area (Å²) in [6.45, 7) is 4.61. The zero-order chi connectivity index (χ0) is 16.5. The number of thiophene rings is 1. The van der Waals surface area contributed by atoms with E-state index in [2.05, 4.69) is 22.1 Å². The minimum atomic E-state index is 0.0680. The fourth-order valence-corrected chi connectivity index (χ4v) is 5.71. The summed E-state index contributed by atoms with van der Waals surface area (Å²) in [6, 6.07) is 10.5. The van der Waals surface area contributed by atoms with Crippen LogP contribution in [-0.4, -0.2) is 41.0 Å². The Morgan fingerprint density at radius 3 is 2.83 bits per heavy atom. The number of hydrogen-bond acceptors (Lipinski definition) is 5.